The topological polar surface area (TPSA) is 21.3 Å². The molecule has 0 aliphatic carbocycles. The van der Waals surface area contributed by atoms with Crippen LogP contribution in [0, 0.1) is 5.92 Å². The van der Waals surface area contributed by atoms with E-state index >= 15 is 0 Å². The van der Waals surface area contributed by atoms with Crippen molar-refractivity contribution in [1.82, 2.24) is 0 Å². The fourth-order valence-corrected chi connectivity index (χ4v) is 1.00. The molecule has 0 saturated heterocycles. The van der Waals surface area contributed by atoms with Gasteiger partial charge in [0, 0.05) is 17.5 Å². The molecule has 0 heterocycles. The molecule has 0 bridgehead atoms. The summed E-state index contributed by atoms with van der Waals surface area (Å²) in [6, 6.07) is 7.55. The second kappa shape index (κ2) is 4.97. The molecule has 3 heteroatoms. The maximum atomic E-state index is 5.50. The molecule has 2 nitrogen and oxygen atoms in total. The first-order valence-corrected chi connectivity index (χ1v) is 4.69. The maximum absolute atomic E-state index is 5.50. The van der Waals surface area contributed by atoms with Crippen LogP contribution in [0.5, 0.6) is 5.75 Å². The molecule has 0 aromatic heterocycles. The van der Waals surface area contributed by atoms with E-state index in [0.29, 0.717) is 5.92 Å². The molecule has 72 valence electrons. The van der Waals surface area contributed by atoms with Crippen LogP contribution < -0.4 is 9.57 Å². The zero-order valence-corrected chi connectivity index (χ0v) is 8.64. The van der Waals surface area contributed by atoms with E-state index in [9.17, 15) is 0 Å². The van der Waals surface area contributed by atoms with Gasteiger partial charge in [-0.05, 0) is 30.2 Å². The van der Waals surface area contributed by atoms with E-state index in [1.807, 2.05) is 24.3 Å². The van der Waals surface area contributed by atoms with Gasteiger partial charge < -0.3 is 4.74 Å². The number of benzene rings is 1. The zero-order valence-electron chi connectivity index (χ0n) is 7.88. The standard InChI is InChI=1S/C10H14ClNO/c1-8(2)7-13-10-5-3-9(12-11)4-6-10/h3-6,8,12H,7H2,1-2H3. The SMILES string of the molecule is CC(C)COc1ccc(NCl)cc1. The van der Waals surface area contributed by atoms with Crippen LogP contribution in [0.3, 0.4) is 0 Å². The summed E-state index contributed by atoms with van der Waals surface area (Å²) >= 11 is 5.42. The number of hydrogen-bond donors (Lipinski definition) is 1. The van der Waals surface area contributed by atoms with E-state index in [2.05, 4.69) is 18.7 Å². The number of hydrogen-bond acceptors (Lipinski definition) is 2. The summed E-state index contributed by atoms with van der Waals surface area (Å²) in [5, 5.41) is 0. The fourth-order valence-electron chi connectivity index (χ4n) is 0.877. The van der Waals surface area contributed by atoms with Crippen molar-refractivity contribution in [2.45, 2.75) is 13.8 Å². The van der Waals surface area contributed by atoms with Crippen molar-refractivity contribution in [3.05, 3.63) is 24.3 Å². The Balaban J connectivity index is 2.49. The van der Waals surface area contributed by atoms with Crippen LogP contribution in [-0.4, -0.2) is 6.61 Å². The lowest BCUT2D eigenvalue weighted by Crippen LogP contribution is -2.04. The van der Waals surface area contributed by atoms with E-state index in [0.717, 1.165) is 18.0 Å². The largest absolute Gasteiger partial charge is 0.493 e. The molecule has 1 aromatic carbocycles. The van der Waals surface area contributed by atoms with Crippen LogP contribution in [0.1, 0.15) is 13.8 Å². The normalized spacial score (nSPS) is 10.2. The Hall–Kier alpha value is -0.890. The molecule has 0 aliphatic heterocycles. The van der Waals surface area contributed by atoms with Gasteiger partial charge >= 0.3 is 0 Å². The van der Waals surface area contributed by atoms with Crippen molar-refractivity contribution in [1.29, 1.82) is 0 Å². The van der Waals surface area contributed by atoms with Crippen molar-refractivity contribution in [3.63, 3.8) is 0 Å². The van der Waals surface area contributed by atoms with Gasteiger partial charge in [-0.25, -0.2) is 0 Å². The Morgan fingerprint density at radius 3 is 2.38 bits per heavy atom. The lowest BCUT2D eigenvalue weighted by atomic mass is 10.2. The third kappa shape index (κ3) is 3.55. The smallest absolute Gasteiger partial charge is 0.119 e. The Morgan fingerprint density at radius 1 is 1.31 bits per heavy atom. The molecule has 1 aromatic rings. The highest BCUT2D eigenvalue weighted by atomic mass is 35.5. The van der Waals surface area contributed by atoms with Gasteiger partial charge in [0.25, 0.3) is 0 Å². The van der Waals surface area contributed by atoms with Crippen LogP contribution in [-0.2, 0) is 0 Å². The third-order valence-electron chi connectivity index (χ3n) is 1.55. The minimum absolute atomic E-state index is 0.547. The average Bonchev–Trinajstić information content (AvgIpc) is 2.15. The number of ether oxygens (including phenoxy) is 1. The highest BCUT2D eigenvalue weighted by Gasteiger charge is 1.96. The summed E-state index contributed by atoms with van der Waals surface area (Å²) in [6.45, 7) is 4.98. The number of rotatable bonds is 4. The molecule has 0 radical (unpaired) electrons. The molecular formula is C10H14ClNO. The van der Waals surface area contributed by atoms with E-state index < -0.39 is 0 Å². The Bertz CT molecular complexity index is 246. The molecule has 0 saturated carbocycles. The van der Waals surface area contributed by atoms with Crippen molar-refractivity contribution in [2.75, 3.05) is 11.4 Å². The first kappa shape index (κ1) is 10.2. The van der Waals surface area contributed by atoms with E-state index in [-0.39, 0.29) is 0 Å². The highest BCUT2D eigenvalue weighted by molar-refractivity contribution is 6.23. The van der Waals surface area contributed by atoms with Crippen LogP contribution in [0.2, 0.25) is 0 Å². The van der Waals surface area contributed by atoms with Gasteiger partial charge in [-0.3, -0.25) is 4.84 Å². The van der Waals surface area contributed by atoms with Gasteiger partial charge in [0.05, 0.1) is 6.61 Å². The third-order valence-corrected chi connectivity index (χ3v) is 1.76. The first-order valence-electron chi connectivity index (χ1n) is 4.32. The van der Waals surface area contributed by atoms with Crippen LogP contribution in [0.25, 0.3) is 0 Å². The number of nitrogens with one attached hydrogen (secondary N) is 1. The van der Waals surface area contributed by atoms with E-state index in [4.69, 9.17) is 16.5 Å². The molecule has 0 spiro atoms. The maximum Gasteiger partial charge on any atom is 0.119 e. The lowest BCUT2D eigenvalue weighted by molar-refractivity contribution is 0.271. The van der Waals surface area contributed by atoms with Crippen molar-refractivity contribution in [2.24, 2.45) is 5.92 Å². The minimum atomic E-state index is 0.547. The molecule has 0 unspecified atom stereocenters. The predicted molar refractivity (Wildman–Crippen MR) is 56.3 cm³/mol. The zero-order chi connectivity index (χ0) is 9.68. The number of halogens is 1. The van der Waals surface area contributed by atoms with Crippen molar-refractivity contribution >= 4 is 17.5 Å². The summed E-state index contributed by atoms with van der Waals surface area (Å²) in [5.41, 5.74) is 0.874. The van der Waals surface area contributed by atoms with Crippen LogP contribution >= 0.6 is 11.8 Å². The van der Waals surface area contributed by atoms with E-state index in [1.54, 1.807) is 0 Å². The highest BCUT2D eigenvalue weighted by Crippen LogP contribution is 2.16. The predicted octanol–water partition coefficient (Wildman–Crippen LogP) is 3.29. The molecule has 0 amide bonds. The second-order valence-electron chi connectivity index (χ2n) is 3.32. The van der Waals surface area contributed by atoms with Crippen molar-refractivity contribution < 1.29 is 4.74 Å². The Kier molecular flexibility index (Phi) is 3.90. The molecular weight excluding hydrogens is 186 g/mol. The van der Waals surface area contributed by atoms with Gasteiger partial charge in [-0.2, -0.15) is 0 Å². The second-order valence-corrected chi connectivity index (χ2v) is 3.51. The van der Waals surface area contributed by atoms with Gasteiger partial charge in [0.15, 0.2) is 0 Å². The first-order chi connectivity index (χ1) is 6.22. The molecule has 0 aliphatic rings. The number of anilines is 1. The van der Waals surface area contributed by atoms with Crippen LogP contribution in [0.4, 0.5) is 5.69 Å². The molecule has 13 heavy (non-hydrogen) atoms. The molecule has 1 N–H and O–H groups in total. The Labute approximate surface area is 84.0 Å². The summed E-state index contributed by atoms with van der Waals surface area (Å²) in [6.07, 6.45) is 0. The van der Waals surface area contributed by atoms with Gasteiger partial charge in [0.2, 0.25) is 0 Å². The van der Waals surface area contributed by atoms with Gasteiger partial charge in [-0.1, -0.05) is 13.8 Å². The molecule has 0 fully saturated rings. The van der Waals surface area contributed by atoms with Gasteiger partial charge in [0.1, 0.15) is 5.75 Å². The fraction of sp³-hybridized carbons (Fsp3) is 0.400. The van der Waals surface area contributed by atoms with Gasteiger partial charge in [-0.15, -0.1) is 0 Å². The molecule has 0 atom stereocenters. The lowest BCUT2D eigenvalue weighted by Gasteiger charge is -2.08. The minimum Gasteiger partial charge on any atom is -0.493 e. The summed E-state index contributed by atoms with van der Waals surface area (Å²) < 4.78 is 5.50. The summed E-state index contributed by atoms with van der Waals surface area (Å²) in [7, 11) is 0. The van der Waals surface area contributed by atoms with E-state index in [1.165, 1.54) is 0 Å². The summed E-state index contributed by atoms with van der Waals surface area (Å²) in [5.74, 6) is 1.43. The molecule has 1 rings (SSSR count). The quantitative estimate of drug-likeness (QED) is 0.752. The van der Waals surface area contributed by atoms with Crippen molar-refractivity contribution in [3.8, 4) is 5.75 Å². The monoisotopic (exact) mass is 199 g/mol. The Morgan fingerprint density at radius 2 is 1.92 bits per heavy atom. The average molecular weight is 200 g/mol. The summed E-state index contributed by atoms with van der Waals surface area (Å²) in [4.78, 5) is 2.54. The van der Waals surface area contributed by atoms with Crippen LogP contribution in [0.15, 0.2) is 24.3 Å².